The summed E-state index contributed by atoms with van der Waals surface area (Å²) in [7, 11) is 2.96. The summed E-state index contributed by atoms with van der Waals surface area (Å²) >= 11 is 0. The molecule has 2 rings (SSSR count). The summed E-state index contributed by atoms with van der Waals surface area (Å²) in [5, 5.41) is 3.84. The van der Waals surface area contributed by atoms with Gasteiger partial charge in [-0.1, -0.05) is 19.0 Å². The van der Waals surface area contributed by atoms with Crippen molar-refractivity contribution in [3.63, 3.8) is 0 Å². The SMILES string of the molecule is COc1ccc(S(=O)(=O)Cl)cc1-c1nc(C(C)C)no1. The first kappa shape index (κ1) is 14.8. The van der Waals surface area contributed by atoms with Crippen LogP contribution in [0.3, 0.4) is 0 Å². The average molecular weight is 317 g/mol. The Hall–Kier alpha value is -1.60. The number of methoxy groups -OCH3 is 1. The monoisotopic (exact) mass is 316 g/mol. The minimum absolute atomic E-state index is 0.0562. The second-order valence-electron chi connectivity index (χ2n) is 4.41. The summed E-state index contributed by atoms with van der Waals surface area (Å²) in [4.78, 5) is 4.16. The van der Waals surface area contributed by atoms with E-state index in [0.29, 0.717) is 17.1 Å². The van der Waals surface area contributed by atoms with Gasteiger partial charge >= 0.3 is 0 Å². The normalized spacial score (nSPS) is 11.8. The van der Waals surface area contributed by atoms with E-state index in [9.17, 15) is 8.42 Å². The third-order valence-corrected chi connectivity index (χ3v) is 3.99. The lowest BCUT2D eigenvalue weighted by Gasteiger charge is -2.06. The summed E-state index contributed by atoms with van der Waals surface area (Å²) < 4.78 is 33.1. The molecule has 0 bridgehead atoms. The minimum Gasteiger partial charge on any atom is -0.496 e. The van der Waals surface area contributed by atoms with Crippen molar-refractivity contribution in [2.75, 3.05) is 7.11 Å². The first-order valence-corrected chi connectivity index (χ1v) is 8.10. The lowest BCUT2D eigenvalue weighted by Crippen LogP contribution is -1.95. The molecule has 0 atom stereocenters. The van der Waals surface area contributed by atoms with Crippen molar-refractivity contribution in [2.45, 2.75) is 24.7 Å². The second-order valence-corrected chi connectivity index (χ2v) is 6.98. The van der Waals surface area contributed by atoms with E-state index >= 15 is 0 Å². The third kappa shape index (κ3) is 2.94. The predicted octanol–water partition coefficient (Wildman–Crippen LogP) is 2.80. The number of benzene rings is 1. The maximum absolute atomic E-state index is 11.4. The Morgan fingerprint density at radius 3 is 2.55 bits per heavy atom. The summed E-state index contributed by atoms with van der Waals surface area (Å²) in [5.74, 6) is 1.24. The fraction of sp³-hybridized carbons (Fsp3) is 0.333. The third-order valence-electron chi connectivity index (χ3n) is 2.64. The highest BCUT2D eigenvalue weighted by Crippen LogP contribution is 2.32. The van der Waals surface area contributed by atoms with Gasteiger partial charge in [0.15, 0.2) is 5.82 Å². The summed E-state index contributed by atoms with van der Waals surface area (Å²) in [6.45, 7) is 3.84. The summed E-state index contributed by atoms with van der Waals surface area (Å²) in [6.07, 6.45) is 0. The van der Waals surface area contributed by atoms with Crippen LogP contribution in [-0.2, 0) is 9.05 Å². The molecular formula is C12H13ClN2O4S. The van der Waals surface area contributed by atoms with Gasteiger partial charge in [-0.15, -0.1) is 0 Å². The molecule has 0 saturated carbocycles. The summed E-state index contributed by atoms with van der Waals surface area (Å²) in [5.41, 5.74) is 0.383. The molecule has 1 aromatic heterocycles. The molecule has 0 saturated heterocycles. The van der Waals surface area contributed by atoms with Crippen LogP contribution < -0.4 is 4.74 Å². The molecule has 8 heteroatoms. The molecule has 0 aliphatic carbocycles. The second kappa shape index (κ2) is 5.41. The molecule has 1 heterocycles. The van der Waals surface area contributed by atoms with E-state index in [1.165, 1.54) is 25.3 Å². The van der Waals surface area contributed by atoms with Crippen LogP contribution in [0.5, 0.6) is 5.75 Å². The fourth-order valence-corrected chi connectivity index (χ4v) is 2.36. The van der Waals surface area contributed by atoms with Gasteiger partial charge < -0.3 is 9.26 Å². The van der Waals surface area contributed by atoms with Gasteiger partial charge in [0.05, 0.1) is 17.6 Å². The van der Waals surface area contributed by atoms with Crippen LogP contribution in [-0.4, -0.2) is 25.7 Å². The van der Waals surface area contributed by atoms with Crippen molar-refractivity contribution in [1.82, 2.24) is 10.1 Å². The number of rotatable bonds is 4. The van der Waals surface area contributed by atoms with Gasteiger partial charge in [0, 0.05) is 16.6 Å². The quantitative estimate of drug-likeness (QED) is 0.807. The van der Waals surface area contributed by atoms with Crippen molar-refractivity contribution in [3.05, 3.63) is 24.0 Å². The topological polar surface area (TPSA) is 82.3 Å². The van der Waals surface area contributed by atoms with Crippen molar-refractivity contribution in [1.29, 1.82) is 0 Å². The number of nitrogens with zero attached hydrogens (tertiary/aromatic N) is 2. The number of hydrogen-bond donors (Lipinski definition) is 0. The molecule has 6 nitrogen and oxygen atoms in total. The molecule has 0 N–H and O–H groups in total. The Balaban J connectivity index is 2.58. The molecule has 20 heavy (non-hydrogen) atoms. The molecule has 0 aliphatic rings. The van der Waals surface area contributed by atoms with Gasteiger partial charge in [-0.25, -0.2) is 8.42 Å². The Bertz CT molecular complexity index is 725. The maximum Gasteiger partial charge on any atom is 0.261 e. The number of halogens is 1. The molecule has 1 aromatic carbocycles. The van der Waals surface area contributed by atoms with E-state index in [-0.39, 0.29) is 16.7 Å². The zero-order valence-corrected chi connectivity index (χ0v) is 12.7. The van der Waals surface area contributed by atoms with Gasteiger partial charge in [-0.3, -0.25) is 0 Å². The van der Waals surface area contributed by atoms with Crippen LogP contribution in [0.1, 0.15) is 25.6 Å². The van der Waals surface area contributed by atoms with E-state index in [4.69, 9.17) is 19.9 Å². The predicted molar refractivity (Wildman–Crippen MR) is 73.4 cm³/mol. The van der Waals surface area contributed by atoms with Crippen molar-refractivity contribution >= 4 is 19.7 Å². The Morgan fingerprint density at radius 1 is 1.35 bits per heavy atom. The summed E-state index contributed by atoms with van der Waals surface area (Å²) in [6, 6.07) is 4.19. The standard InChI is InChI=1S/C12H13ClN2O4S/c1-7(2)11-14-12(19-15-11)9-6-8(20(13,16)17)4-5-10(9)18-3/h4-7H,1-3H3. The molecule has 108 valence electrons. The van der Waals surface area contributed by atoms with E-state index in [2.05, 4.69) is 10.1 Å². The Morgan fingerprint density at radius 2 is 2.05 bits per heavy atom. The molecule has 0 fully saturated rings. The van der Waals surface area contributed by atoms with Gasteiger partial charge in [0.25, 0.3) is 14.9 Å². The zero-order chi connectivity index (χ0) is 14.9. The number of ether oxygens (including phenoxy) is 1. The molecule has 0 spiro atoms. The van der Waals surface area contributed by atoms with Crippen LogP contribution in [0.15, 0.2) is 27.6 Å². The lowest BCUT2D eigenvalue weighted by atomic mass is 10.2. The van der Waals surface area contributed by atoms with Gasteiger partial charge in [0.2, 0.25) is 0 Å². The van der Waals surface area contributed by atoms with E-state index < -0.39 is 9.05 Å². The minimum atomic E-state index is -3.84. The van der Waals surface area contributed by atoms with Gasteiger partial charge in [-0.2, -0.15) is 4.98 Å². The number of hydrogen-bond acceptors (Lipinski definition) is 6. The van der Waals surface area contributed by atoms with Crippen molar-refractivity contribution in [3.8, 4) is 17.2 Å². The molecule has 0 amide bonds. The highest BCUT2D eigenvalue weighted by atomic mass is 35.7. The van der Waals surface area contributed by atoms with E-state index in [1.807, 2.05) is 13.8 Å². The highest BCUT2D eigenvalue weighted by molar-refractivity contribution is 8.13. The maximum atomic E-state index is 11.4. The molecule has 0 aliphatic heterocycles. The van der Waals surface area contributed by atoms with Crippen molar-refractivity contribution < 1.29 is 17.7 Å². The van der Waals surface area contributed by atoms with E-state index in [1.54, 1.807) is 0 Å². The van der Waals surface area contributed by atoms with Crippen LogP contribution in [0.2, 0.25) is 0 Å². The number of aromatic nitrogens is 2. The van der Waals surface area contributed by atoms with Gasteiger partial charge in [-0.05, 0) is 18.2 Å². The largest absolute Gasteiger partial charge is 0.496 e. The molecule has 0 radical (unpaired) electrons. The van der Waals surface area contributed by atoms with Crippen LogP contribution in [0.25, 0.3) is 11.5 Å². The fourth-order valence-electron chi connectivity index (χ4n) is 1.58. The Kier molecular flexibility index (Phi) is 4.01. The first-order valence-electron chi connectivity index (χ1n) is 5.79. The van der Waals surface area contributed by atoms with Crippen LogP contribution >= 0.6 is 10.7 Å². The van der Waals surface area contributed by atoms with Crippen molar-refractivity contribution in [2.24, 2.45) is 0 Å². The molecular weight excluding hydrogens is 304 g/mol. The zero-order valence-electron chi connectivity index (χ0n) is 11.1. The lowest BCUT2D eigenvalue weighted by molar-refractivity contribution is 0.401. The first-order chi connectivity index (χ1) is 9.32. The highest BCUT2D eigenvalue weighted by Gasteiger charge is 2.19. The average Bonchev–Trinajstić information content (AvgIpc) is 2.86. The van der Waals surface area contributed by atoms with E-state index in [0.717, 1.165) is 0 Å². The smallest absolute Gasteiger partial charge is 0.261 e. The molecule has 0 unspecified atom stereocenters. The Labute approximate surface area is 121 Å². The molecule has 2 aromatic rings. The van der Waals surface area contributed by atoms with Crippen LogP contribution in [0, 0.1) is 0 Å². The van der Waals surface area contributed by atoms with Crippen LogP contribution in [0.4, 0.5) is 0 Å². The van der Waals surface area contributed by atoms with Gasteiger partial charge in [0.1, 0.15) is 5.75 Å².